The van der Waals surface area contributed by atoms with Gasteiger partial charge in [0.1, 0.15) is 0 Å². The average molecular weight is 484 g/mol. The molecule has 1 aliphatic rings. The molecule has 0 spiro atoms. The van der Waals surface area contributed by atoms with E-state index in [4.69, 9.17) is 9.47 Å². The highest BCUT2D eigenvalue weighted by atomic mass is 31.2. The maximum Gasteiger partial charge on any atom is 0.178 e. The summed E-state index contributed by atoms with van der Waals surface area (Å²) in [5.41, 5.74) is 0. The van der Waals surface area contributed by atoms with Crippen LogP contribution in [0.3, 0.4) is 0 Å². The summed E-state index contributed by atoms with van der Waals surface area (Å²) in [6.07, 6.45) is 0. The lowest BCUT2D eigenvalue weighted by Gasteiger charge is -2.27. The molecule has 0 unspecified atom stereocenters. The van der Waals surface area contributed by atoms with Gasteiger partial charge < -0.3 is 14.0 Å². The molecule has 1 heterocycles. The zero-order valence-corrected chi connectivity index (χ0v) is 20.2. The zero-order chi connectivity index (χ0) is 24.1. The van der Waals surface area contributed by atoms with E-state index in [1.165, 1.54) is 0 Å². The fourth-order valence-corrected chi connectivity index (χ4v) is 7.95. The van der Waals surface area contributed by atoms with E-state index in [2.05, 4.69) is 6.07 Å². The molecular formula is C32H21O3P. The third-order valence-corrected chi connectivity index (χ3v) is 9.88. The highest BCUT2D eigenvalue weighted by Gasteiger charge is 2.34. The molecule has 7 rings (SSSR count). The molecule has 0 atom stereocenters. The minimum absolute atomic E-state index is 0.569. The molecule has 0 fully saturated rings. The summed E-state index contributed by atoms with van der Waals surface area (Å²) >= 11 is 0. The molecule has 0 aliphatic carbocycles. The molecule has 4 heteroatoms. The van der Waals surface area contributed by atoms with Crippen molar-refractivity contribution in [3.8, 4) is 23.0 Å². The van der Waals surface area contributed by atoms with E-state index in [1.807, 2.05) is 121 Å². The van der Waals surface area contributed by atoms with Crippen LogP contribution in [0.1, 0.15) is 0 Å². The molecule has 3 nitrogen and oxygen atoms in total. The Hall–Kier alpha value is -4.33. The Morgan fingerprint density at radius 3 is 1.69 bits per heavy atom. The minimum Gasteiger partial charge on any atom is -0.449 e. The SMILES string of the molecule is O=P(c1ccccc1)(c1ccccc1)c1cc2c(c3ccccc13)Oc1ccc3ccccc3c1O2. The van der Waals surface area contributed by atoms with Crippen LogP contribution < -0.4 is 25.4 Å². The van der Waals surface area contributed by atoms with Gasteiger partial charge in [-0.15, -0.1) is 0 Å². The Balaban J connectivity index is 1.53. The molecule has 0 N–H and O–H groups in total. The molecular weight excluding hydrogens is 463 g/mol. The van der Waals surface area contributed by atoms with Crippen LogP contribution in [0.15, 0.2) is 127 Å². The summed E-state index contributed by atoms with van der Waals surface area (Å²) in [6, 6.07) is 41.4. The molecule has 0 amide bonds. The highest BCUT2D eigenvalue weighted by Crippen LogP contribution is 2.53. The number of benzene rings is 6. The average Bonchev–Trinajstić information content (AvgIpc) is 2.96. The van der Waals surface area contributed by atoms with E-state index < -0.39 is 7.14 Å². The summed E-state index contributed by atoms with van der Waals surface area (Å²) in [6.45, 7) is 0. The lowest BCUT2D eigenvalue weighted by atomic mass is 10.1. The first-order valence-electron chi connectivity index (χ1n) is 11.9. The molecule has 0 bridgehead atoms. The van der Waals surface area contributed by atoms with Crippen LogP contribution in [0.5, 0.6) is 23.0 Å². The second-order valence-corrected chi connectivity index (χ2v) is 11.6. The van der Waals surface area contributed by atoms with Crippen molar-refractivity contribution in [1.29, 1.82) is 0 Å². The first-order chi connectivity index (χ1) is 17.7. The van der Waals surface area contributed by atoms with E-state index in [1.54, 1.807) is 0 Å². The first-order valence-corrected chi connectivity index (χ1v) is 13.6. The standard InChI is InChI=1S/C32H21O3P/c33-36(23-12-3-1-4-13-23,24-14-5-2-6-15-24)30-21-29-32(27-18-10-9-17-26(27)30)34-28-20-19-22-11-7-8-16-25(22)31(28)35-29/h1-21H. The third-order valence-electron chi connectivity index (χ3n) is 6.79. The van der Waals surface area contributed by atoms with Crippen molar-refractivity contribution in [3.05, 3.63) is 127 Å². The Kier molecular flexibility index (Phi) is 4.73. The van der Waals surface area contributed by atoms with Gasteiger partial charge in [-0.1, -0.05) is 115 Å². The van der Waals surface area contributed by atoms with Crippen LogP contribution in [0.2, 0.25) is 0 Å². The van der Waals surface area contributed by atoms with Gasteiger partial charge in [0, 0.05) is 26.7 Å². The number of ether oxygens (including phenoxy) is 2. The van der Waals surface area contributed by atoms with E-state index in [0.29, 0.717) is 23.0 Å². The summed E-state index contributed by atoms with van der Waals surface area (Å²) in [4.78, 5) is 0. The maximum absolute atomic E-state index is 15.3. The van der Waals surface area contributed by atoms with Gasteiger partial charge in [-0.3, -0.25) is 0 Å². The maximum atomic E-state index is 15.3. The third kappa shape index (κ3) is 3.10. The van der Waals surface area contributed by atoms with E-state index >= 15 is 4.57 Å². The largest absolute Gasteiger partial charge is 0.449 e. The van der Waals surface area contributed by atoms with Crippen molar-refractivity contribution in [3.63, 3.8) is 0 Å². The van der Waals surface area contributed by atoms with Crippen LogP contribution in [0.25, 0.3) is 21.5 Å². The monoisotopic (exact) mass is 484 g/mol. The van der Waals surface area contributed by atoms with Crippen LogP contribution in [0.4, 0.5) is 0 Å². The topological polar surface area (TPSA) is 35.5 Å². The summed E-state index contributed by atoms with van der Waals surface area (Å²) in [5.74, 6) is 2.56. The lowest BCUT2D eigenvalue weighted by molar-refractivity contribution is 0.367. The van der Waals surface area contributed by atoms with Crippen LogP contribution in [-0.2, 0) is 4.57 Å². The lowest BCUT2D eigenvalue weighted by Crippen LogP contribution is -2.26. The number of hydrogen-bond acceptors (Lipinski definition) is 3. The van der Waals surface area contributed by atoms with Crippen LogP contribution in [0, 0.1) is 0 Å². The molecule has 0 radical (unpaired) electrons. The van der Waals surface area contributed by atoms with Gasteiger partial charge in [0.05, 0.1) is 0 Å². The van der Waals surface area contributed by atoms with Crippen LogP contribution >= 0.6 is 7.14 Å². The summed E-state index contributed by atoms with van der Waals surface area (Å²) in [7, 11) is -3.24. The van der Waals surface area contributed by atoms with Crippen molar-refractivity contribution in [2.45, 2.75) is 0 Å². The quantitative estimate of drug-likeness (QED) is 0.243. The van der Waals surface area contributed by atoms with Gasteiger partial charge in [-0.25, -0.2) is 0 Å². The first kappa shape index (κ1) is 21.0. The Labute approximate surface area is 208 Å². The van der Waals surface area contributed by atoms with Gasteiger partial charge in [-0.05, 0) is 22.9 Å². The highest BCUT2D eigenvalue weighted by molar-refractivity contribution is 7.85. The van der Waals surface area contributed by atoms with Gasteiger partial charge in [0.2, 0.25) is 0 Å². The number of fused-ring (bicyclic) bond motifs is 6. The smallest absolute Gasteiger partial charge is 0.178 e. The number of rotatable bonds is 3. The van der Waals surface area contributed by atoms with Gasteiger partial charge in [0.15, 0.2) is 30.1 Å². The van der Waals surface area contributed by atoms with E-state index in [9.17, 15) is 0 Å². The Morgan fingerprint density at radius 2 is 1.00 bits per heavy atom. The zero-order valence-electron chi connectivity index (χ0n) is 19.3. The fourth-order valence-electron chi connectivity index (χ4n) is 5.08. The van der Waals surface area contributed by atoms with Crippen molar-refractivity contribution in [1.82, 2.24) is 0 Å². The van der Waals surface area contributed by atoms with Crippen molar-refractivity contribution < 1.29 is 14.0 Å². The van der Waals surface area contributed by atoms with E-state index in [0.717, 1.165) is 37.5 Å². The van der Waals surface area contributed by atoms with Crippen molar-refractivity contribution in [2.75, 3.05) is 0 Å². The molecule has 172 valence electrons. The molecule has 6 aromatic carbocycles. The summed E-state index contributed by atoms with van der Waals surface area (Å²) in [5, 5.41) is 6.11. The second kappa shape index (κ2) is 8.12. The predicted molar refractivity (Wildman–Crippen MR) is 147 cm³/mol. The molecule has 0 saturated carbocycles. The number of hydrogen-bond donors (Lipinski definition) is 0. The fraction of sp³-hybridized carbons (Fsp3) is 0. The molecule has 36 heavy (non-hydrogen) atoms. The van der Waals surface area contributed by atoms with Crippen molar-refractivity contribution >= 4 is 44.6 Å². The molecule has 0 saturated heterocycles. The normalized spacial score (nSPS) is 12.4. The Morgan fingerprint density at radius 1 is 0.472 bits per heavy atom. The second-order valence-electron chi connectivity index (χ2n) is 8.87. The molecule has 0 aromatic heterocycles. The Bertz CT molecular complexity index is 1770. The van der Waals surface area contributed by atoms with Crippen LogP contribution in [-0.4, -0.2) is 0 Å². The predicted octanol–water partition coefficient (Wildman–Crippen LogP) is 7.53. The van der Waals surface area contributed by atoms with Gasteiger partial charge in [-0.2, -0.15) is 0 Å². The molecule has 6 aromatic rings. The van der Waals surface area contributed by atoms with Gasteiger partial charge in [0.25, 0.3) is 0 Å². The molecule has 1 aliphatic heterocycles. The summed E-state index contributed by atoms with van der Waals surface area (Å²) < 4.78 is 28.3. The van der Waals surface area contributed by atoms with Crippen molar-refractivity contribution in [2.24, 2.45) is 0 Å². The minimum atomic E-state index is -3.24. The van der Waals surface area contributed by atoms with E-state index in [-0.39, 0.29) is 0 Å². The van der Waals surface area contributed by atoms with Gasteiger partial charge >= 0.3 is 0 Å².